The van der Waals surface area contributed by atoms with Gasteiger partial charge in [-0.2, -0.15) is 0 Å². The Morgan fingerprint density at radius 1 is 0.474 bits per heavy atom. The predicted octanol–water partition coefficient (Wildman–Crippen LogP) is 1.78. The van der Waals surface area contributed by atoms with Crippen LogP contribution in [-0.2, 0) is 91.0 Å². The van der Waals surface area contributed by atoms with Gasteiger partial charge in [0, 0.05) is 69.4 Å². The lowest BCUT2D eigenvalue weighted by Gasteiger charge is -2.49. The van der Waals surface area contributed by atoms with E-state index in [0.717, 1.165) is 29.3 Å². The van der Waals surface area contributed by atoms with Crippen molar-refractivity contribution in [3.8, 4) is 0 Å². The first-order valence-corrected chi connectivity index (χ1v) is 29.0. The van der Waals surface area contributed by atoms with Crippen LogP contribution in [0.2, 0.25) is 0 Å². The molecule has 3 saturated heterocycles. The van der Waals surface area contributed by atoms with Crippen molar-refractivity contribution in [3.63, 3.8) is 0 Å². The number of fused-ring (bicyclic) bond motifs is 3. The maximum Gasteiger partial charge on any atom is 0.352 e. The second-order valence-corrected chi connectivity index (χ2v) is 23.7. The van der Waals surface area contributed by atoms with E-state index in [1.54, 1.807) is 0 Å². The monoisotopic (exact) mass is 1190 g/mol. The summed E-state index contributed by atoms with van der Waals surface area (Å²) in [5.74, 6) is -6.68. The number of esters is 3. The van der Waals surface area contributed by atoms with Gasteiger partial charge in [-0.05, 0) is 34.3 Å². The molecule has 0 radical (unpaired) electrons. The Bertz CT molecular complexity index is 2680. The molecule has 6 N–H and O–H groups in total. The van der Waals surface area contributed by atoms with Gasteiger partial charge in [0.2, 0.25) is 17.7 Å². The Kier molecular flexibility index (Phi) is 19.6. The zero-order valence-corrected chi connectivity index (χ0v) is 46.2. The van der Waals surface area contributed by atoms with Crippen LogP contribution in [0.4, 0.5) is 0 Å². The summed E-state index contributed by atoms with van der Waals surface area (Å²) in [6.45, 7) is 3.18. The molecule has 0 aromatic carbocycles. The summed E-state index contributed by atoms with van der Waals surface area (Å²) in [5, 5.41) is 40.6. The van der Waals surface area contributed by atoms with Crippen LogP contribution in [-0.4, -0.2) is 173 Å². The highest BCUT2D eigenvalue weighted by Crippen LogP contribution is 2.43. The van der Waals surface area contributed by atoms with Crippen LogP contribution in [0.15, 0.2) is 86.3 Å². The number of ether oxygens (including phenoxy) is 3. The van der Waals surface area contributed by atoms with E-state index in [2.05, 4.69) is 16.0 Å². The summed E-state index contributed by atoms with van der Waals surface area (Å²) in [6, 6.07) is 8.77. The van der Waals surface area contributed by atoms with Crippen LogP contribution in [0.3, 0.4) is 0 Å². The summed E-state index contributed by atoms with van der Waals surface area (Å²) in [6.07, 6.45) is 0.536. The number of hydrogen-bond donors (Lipinski definition) is 6. The highest BCUT2D eigenvalue weighted by atomic mass is 32.2. The molecule has 0 spiro atoms. The van der Waals surface area contributed by atoms with Crippen molar-refractivity contribution in [2.45, 2.75) is 74.3 Å². The highest BCUT2D eigenvalue weighted by molar-refractivity contribution is 8.00. The van der Waals surface area contributed by atoms with Crippen LogP contribution in [0.5, 0.6) is 0 Å². The van der Waals surface area contributed by atoms with Gasteiger partial charge in [-0.25, -0.2) is 14.4 Å². The van der Waals surface area contributed by atoms with Gasteiger partial charge < -0.3 is 45.5 Å². The van der Waals surface area contributed by atoms with E-state index >= 15 is 0 Å². The van der Waals surface area contributed by atoms with Gasteiger partial charge in [0.25, 0.3) is 17.7 Å². The number of hydrogen-bond acceptors (Lipinski definition) is 21. The molecule has 0 bridgehead atoms. The summed E-state index contributed by atoms with van der Waals surface area (Å²) in [5.41, 5.74) is 0.609. The standard InChI is InChI=1S/3C16H16N2O6S2/c3*1-8(19)24-6-9-7-26-15-12(14(21)18(15)13(9)16(22)23)17-11(20)5-10-3-2-4-25-10/h3*2-4,12,15H,5-7H2,1H3,(H,17,20)(H,22,23)/t3*12-,15-/m111/s1. The van der Waals surface area contributed by atoms with Gasteiger partial charge >= 0.3 is 35.8 Å². The van der Waals surface area contributed by atoms with Gasteiger partial charge in [-0.1, -0.05) is 18.2 Å². The smallest absolute Gasteiger partial charge is 0.352 e. The Morgan fingerprint density at radius 3 is 0.936 bits per heavy atom. The summed E-state index contributed by atoms with van der Waals surface area (Å²) >= 11 is 8.36. The first-order valence-electron chi connectivity index (χ1n) is 23.2. The molecule has 30 heteroatoms. The number of amides is 6. The number of rotatable bonds is 18. The molecular formula is C48H48N6O18S6. The number of β-lactam (4-membered cyclic amide) rings is 3. The van der Waals surface area contributed by atoms with Crippen molar-refractivity contribution in [3.05, 3.63) is 101 Å². The molecule has 78 heavy (non-hydrogen) atoms. The average molecular weight is 1190 g/mol. The fourth-order valence-electron chi connectivity index (χ4n) is 8.34. The number of nitrogens with zero attached hydrogens (tertiary/aromatic N) is 3. The molecule has 3 fully saturated rings. The molecule has 9 heterocycles. The summed E-state index contributed by atoms with van der Waals surface area (Å²) in [4.78, 5) is 147. The molecule has 6 amide bonds. The molecule has 9 rings (SSSR count). The average Bonchev–Trinajstić information content (AvgIpc) is 4.33. The van der Waals surface area contributed by atoms with E-state index in [-0.39, 0.29) is 73.9 Å². The minimum absolute atomic E-state index is 0.163. The largest absolute Gasteiger partial charge is 0.477 e. The fourth-order valence-corrected chi connectivity index (χ4v) is 14.4. The number of aliphatic carboxylic acids is 3. The normalized spacial score (nSPS) is 21.7. The maximum atomic E-state index is 12.4. The Morgan fingerprint density at radius 2 is 0.731 bits per heavy atom. The molecule has 0 aliphatic carbocycles. The summed E-state index contributed by atoms with van der Waals surface area (Å²) < 4.78 is 14.6. The summed E-state index contributed by atoms with van der Waals surface area (Å²) in [7, 11) is 0. The van der Waals surface area contributed by atoms with Gasteiger partial charge in [0.05, 0.1) is 19.3 Å². The van der Waals surface area contributed by atoms with Crippen LogP contribution >= 0.6 is 69.3 Å². The molecule has 414 valence electrons. The topological polar surface area (TPSA) is 339 Å². The number of nitrogens with one attached hydrogen (secondary N) is 3. The Hall–Kier alpha value is -6.99. The van der Waals surface area contributed by atoms with Crippen molar-refractivity contribution >= 4 is 141 Å². The van der Waals surface area contributed by atoms with Crippen molar-refractivity contribution in [1.82, 2.24) is 30.7 Å². The predicted molar refractivity (Wildman–Crippen MR) is 283 cm³/mol. The molecular weight excluding hydrogens is 1140 g/mol. The van der Waals surface area contributed by atoms with E-state index in [0.29, 0.717) is 34.0 Å². The van der Waals surface area contributed by atoms with E-state index < -0.39 is 87.8 Å². The van der Waals surface area contributed by atoms with Crippen LogP contribution < -0.4 is 16.0 Å². The molecule has 6 aliphatic heterocycles. The number of thiophene rings is 3. The van der Waals surface area contributed by atoms with E-state index in [1.807, 2.05) is 52.5 Å². The van der Waals surface area contributed by atoms with Crippen molar-refractivity contribution < 1.29 is 87.1 Å². The van der Waals surface area contributed by atoms with Crippen LogP contribution in [0.25, 0.3) is 0 Å². The van der Waals surface area contributed by atoms with Crippen LogP contribution in [0.1, 0.15) is 35.4 Å². The van der Waals surface area contributed by atoms with E-state index in [1.165, 1.54) is 90.1 Å². The van der Waals surface area contributed by atoms with Gasteiger partial charge in [-0.3, -0.25) is 57.9 Å². The third-order valence-corrected chi connectivity index (χ3v) is 18.4. The van der Waals surface area contributed by atoms with Crippen molar-refractivity contribution in [1.29, 1.82) is 0 Å². The fraction of sp³-hybridized carbons (Fsp3) is 0.375. The van der Waals surface area contributed by atoms with Crippen molar-refractivity contribution in [2.24, 2.45) is 0 Å². The maximum absolute atomic E-state index is 12.4. The lowest BCUT2D eigenvalue weighted by molar-refractivity contribution is -0.151. The molecule has 0 unspecified atom stereocenters. The number of carboxylic acids is 3. The Labute approximate surface area is 467 Å². The van der Waals surface area contributed by atoms with Crippen LogP contribution in [0, 0.1) is 0 Å². The number of thioether (sulfide) groups is 3. The zero-order valence-electron chi connectivity index (χ0n) is 41.3. The second kappa shape index (κ2) is 26.1. The quantitative estimate of drug-likeness (QED) is 0.0600. The van der Waals surface area contributed by atoms with Gasteiger partial charge in [0.1, 0.15) is 71.2 Å². The lowest BCUT2D eigenvalue weighted by Crippen LogP contribution is -2.70. The number of carboxylic acid groups (broad SMARTS) is 3. The van der Waals surface area contributed by atoms with Gasteiger partial charge in [-0.15, -0.1) is 69.3 Å². The third kappa shape index (κ3) is 13.8. The Balaban J connectivity index is 0.000000170. The number of carbonyl (C=O) groups excluding carboxylic acids is 9. The zero-order chi connectivity index (χ0) is 56.5. The van der Waals surface area contributed by atoms with Crippen molar-refractivity contribution in [2.75, 3.05) is 37.1 Å². The minimum Gasteiger partial charge on any atom is -0.477 e. The molecule has 6 atom stereocenters. The highest BCUT2D eigenvalue weighted by Gasteiger charge is 2.56. The van der Waals surface area contributed by atoms with E-state index in [4.69, 9.17) is 14.2 Å². The number of carbonyl (C=O) groups is 12. The lowest BCUT2D eigenvalue weighted by atomic mass is 10.0. The first-order chi connectivity index (χ1) is 37.1. The van der Waals surface area contributed by atoms with E-state index in [9.17, 15) is 72.9 Å². The second-order valence-electron chi connectivity index (χ2n) is 17.2. The first kappa shape index (κ1) is 58.7. The molecule has 24 nitrogen and oxygen atoms in total. The SMILES string of the molecule is CC(=O)OCC1=C(C(=O)O)N2C(=O)[C@@H](NC(=O)Cc3cccs3)[C@H]2SC1.CC(=O)OCC1=C(C(=O)O)N2C(=O)[C@@H](NC(=O)Cc3cccs3)[C@H]2SC1.CC(=O)OCC1=C(C(=O)O)N2C(=O)[C@@H](NC(=O)Cc3cccs3)[C@H]2SC1. The third-order valence-electron chi connectivity index (χ3n) is 11.8. The minimum atomic E-state index is -1.26. The molecule has 3 aromatic rings. The molecule has 6 aliphatic rings. The molecule has 3 aromatic heterocycles. The molecule has 0 saturated carbocycles. The van der Waals surface area contributed by atoms with Gasteiger partial charge in [0.15, 0.2) is 0 Å².